The molecular formula is C19H17N5O2S. The van der Waals surface area contributed by atoms with Crippen LogP contribution in [0.4, 0.5) is 5.69 Å². The van der Waals surface area contributed by atoms with Gasteiger partial charge in [0.1, 0.15) is 10.8 Å². The van der Waals surface area contributed by atoms with E-state index >= 15 is 0 Å². The molecule has 0 atom stereocenters. The summed E-state index contributed by atoms with van der Waals surface area (Å²) in [7, 11) is 0. The Bertz CT molecular complexity index is 1120. The normalized spacial score (nSPS) is 10.9. The minimum Gasteiger partial charge on any atom is -0.494 e. The molecule has 0 radical (unpaired) electrons. The molecule has 1 amide bonds. The maximum atomic E-state index is 12.7. The van der Waals surface area contributed by atoms with E-state index in [-0.39, 0.29) is 5.91 Å². The topological polar surface area (TPSA) is 81.4 Å². The van der Waals surface area contributed by atoms with E-state index in [4.69, 9.17) is 4.74 Å². The molecular weight excluding hydrogens is 362 g/mol. The number of nitrogens with one attached hydrogen (secondary N) is 1. The van der Waals surface area contributed by atoms with Gasteiger partial charge in [0, 0.05) is 11.1 Å². The van der Waals surface area contributed by atoms with Gasteiger partial charge in [-0.1, -0.05) is 29.5 Å². The van der Waals surface area contributed by atoms with Crippen molar-refractivity contribution in [1.29, 1.82) is 0 Å². The zero-order valence-electron chi connectivity index (χ0n) is 14.8. The Morgan fingerprint density at radius 1 is 1.19 bits per heavy atom. The molecule has 0 aliphatic carbocycles. The lowest BCUT2D eigenvalue weighted by Crippen LogP contribution is -2.12. The predicted molar refractivity (Wildman–Crippen MR) is 104 cm³/mol. The number of hydrogen-bond donors (Lipinski definition) is 1. The van der Waals surface area contributed by atoms with Crippen molar-refractivity contribution >= 4 is 27.9 Å². The summed E-state index contributed by atoms with van der Waals surface area (Å²) in [6.45, 7) is 4.31. The van der Waals surface area contributed by atoms with Crippen LogP contribution in [0.5, 0.6) is 5.75 Å². The molecule has 7 nitrogen and oxygen atoms in total. The minimum atomic E-state index is -0.205. The van der Waals surface area contributed by atoms with E-state index in [0.717, 1.165) is 16.4 Å². The van der Waals surface area contributed by atoms with Crippen LogP contribution in [0.15, 0.2) is 48.5 Å². The number of fused-ring (bicyclic) bond motifs is 1. The van der Waals surface area contributed by atoms with Crippen molar-refractivity contribution in [3.8, 4) is 16.3 Å². The molecule has 0 aliphatic heterocycles. The van der Waals surface area contributed by atoms with Gasteiger partial charge in [0.2, 0.25) is 4.96 Å². The van der Waals surface area contributed by atoms with E-state index in [1.54, 1.807) is 22.7 Å². The molecule has 2 aromatic carbocycles. The van der Waals surface area contributed by atoms with Gasteiger partial charge in [-0.25, -0.2) is 0 Å². The van der Waals surface area contributed by atoms with Gasteiger partial charge in [-0.3, -0.25) is 4.79 Å². The summed E-state index contributed by atoms with van der Waals surface area (Å²) in [4.78, 5) is 13.4. The van der Waals surface area contributed by atoms with Gasteiger partial charge < -0.3 is 10.1 Å². The van der Waals surface area contributed by atoms with Crippen molar-refractivity contribution < 1.29 is 9.53 Å². The molecule has 0 saturated carbocycles. The maximum absolute atomic E-state index is 12.7. The monoisotopic (exact) mass is 379 g/mol. The molecule has 8 heteroatoms. The smallest absolute Gasteiger partial charge is 0.255 e. The standard InChI is InChI=1S/C19H17N5O2S/c1-3-26-14-8-6-7-13(11-14)17(25)20-16-10-5-4-9-15(16)18-23-24-12(2)21-22-19(24)27-18/h4-11H,3H2,1-2H3,(H,20,25). The largest absolute Gasteiger partial charge is 0.494 e. The number of nitrogens with zero attached hydrogens (tertiary/aromatic N) is 4. The first-order chi connectivity index (χ1) is 13.2. The summed E-state index contributed by atoms with van der Waals surface area (Å²) in [5.41, 5.74) is 2.05. The average Bonchev–Trinajstić information content (AvgIpc) is 3.25. The Balaban J connectivity index is 1.65. The number of aryl methyl sites for hydroxylation is 1. The average molecular weight is 379 g/mol. The quantitative estimate of drug-likeness (QED) is 0.570. The second-order valence-electron chi connectivity index (χ2n) is 5.81. The van der Waals surface area contributed by atoms with Gasteiger partial charge in [0.05, 0.1) is 12.3 Å². The van der Waals surface area contributed by atoms with Crippen LogP contribution in [-0.2, 0) is 0 Å². The number of ether oxygens (including phenoxy) is 1. The third-order valence-corrected chi connectivity index (χ3v) is 4.89. The fourth-order valence-corrected chi connectivity index (χ4v) is 3.61. The molecule has 4 aromatic rings. The molecule has 0 spiro atoms. The molecule has 2 aromatic heterocycles. The molecule has 0 unspecified atom stereocenters. The summed E-state index contributed by atoms with van der Waals surface area (Å²) >= 11 is 1.42. The number of rotatable bonds is 5. The number of amides is 1. The molecule has 0 fully saturated rings. The van der Waals surface area contributed by atoms with Crippen LogP contribution in [0.2, 0.25) is 0 Å². The first-order valence-electron chi connectivity index (χ1n) is 8.48. The van der Waals surface area contributed by atoms with E-state index in [0.29, 0.717) is 28.6 Å². The first kappa shape index (κ1) is 17.2. The van der Waals surface area contributed by atoms with E-state index in [9.17, 15) is 4.79 Å². The number of carbonyl (C=O) groups excluding carboxylic acids is 1. The number of para-hydroxylation sites is 1. The zero-order valence-corrected chi connectivity index (χ0v) is 15.7. The lowest BCUT2D eigenvalue weighted by Gasteiger charge is -2.10. The number of anilines is 1. The van der Waals surface area contributed by atoms with Gasteiger partial charge >= 0.3 is 0 Å². The predicted octanol–water partition coefficient (Wildman–Crippen LogP) is 3.81. The molecule has 4 rings (SSSR count). The molecule has 0 aliphatic rings. The second kappa shape index (κ2) is 7.16. The van der Waals surface area contributed by atoms with Crippen LogP contribution in [0.25, 0.3) is 15.5 Å². The van der Waals surface area contributed by atoms with Crippen LogP contribution in [0.1, 0.15) is 23.1 Å². The molecule has 2 heterocycles. The summed E-state index contributed by atoms with van der Waals surface area (Å²) in [5.74, 6) is 1.19. The third kappa shape index (κ3) is 3.39. The summed E-state index contributed by atoms with van der Waals surface area (Å²) in [5, 5.41) is 16.4. The number of benzene rings is 2. The highest BCUT2D eigenvalue weighted by Gasteiger charge is 2.15. The van der Waals surface area contributed by atoms with E-state index < -0.39 is 0 Å². The van der Waals surface area contributed by atoms with Gasteiger partial charge in [0.15, 0.2) is 5.82 Å². The number of hydrogen-bond acceptors (Lipinski definition) is 6. The first-order valence-corrected chi connectivity index (χ1v) is 9.30. The Kier molecular flexibility index (Phi) is 4.55. The highest BCUT2D eigenvalue weighted by Crippen LogP contribution is 2.31. The minimum absolute atomic E-state index is 0.205. The van der Waals surface area contributed by atoms with Crippen molar-refractivity contribution in [2.45, 2.75) is 13.8 Å². The number of aromatic nitrogens is 4. The van der Waals surface area contributed by atoms with Crippen molar-refractivity contribution in [3.05, 3.63) is 59.9 Å². The Labute approximate surface area is 159 Å². The summed E-state index contributed by atoms with van der Waals surface area (Å²) < 4.78 is 7.17. The van der Waals surface area contributed by atoms with Gasteiger partial charge in [-0.15, -0.1) is 10.2 Å². The van der Waals surface area contributed by atoms with Gasteiger partial charge in [-0.2, -0.15) is 9.61 Å². The SMILES string of the molecule is CCOc1cccc(C(=O)Nc2ccccc2-c2nn3c(C)nnc3s2)c1. The van der Waals surface area contributed by atoms with Crippen LogP contribution >= 0.6 is 11.3 Å². The van der Waals surface area contributed by atoms with Crippen molar-refractivity contribution in [1.82, 2.24) is 19.8 Å². The highest BCUT2D eigenvalue weighted by molar-refractivity contribution is 7.19. The molecule has 27 heavy (non-hydrogen) atoms. The maximum Gasteiger partial charge on any atom is 0.255 e. The molecule has 136 valence electrons. The van der Waals surface area contributed by atoms with Gasteiger partial charge in [-0.05, 0) is 44.2 Å². The van der Waals surface area contributed by atoms with E-state index in [1.807, 2.05) is 44.2 Å². The Morgan fingerprint density at radius 2 is 2.04 bits per heavy atom. The second-order valence-corrected chi connectivity index (χ2v) is 6.77. The third-order valence-electron chi connectivity index (χ3n) is 3.96. The van der Waals surface area contributed by atoms with Crippen molar-refractivity contribution in [2.24, 2.45) is 0 Å². The van der Waals surface area contributed by atoms with Crippen molar-refractivity contribution in [3.63, 3.8) is 0 Å². The van der Waals surface area contributed by atoms with Crippen molar-refractivity contribution in [2.75, 3.05) is 11.9 Å². The van der Waals surface area contributed by atoms with Crippen LogP contribution < -0.4 is 10.1 Å². The fourth-order valence-electron chi connectivity index (χ4n) is 2.69. The highest BCUT2D eigenvalue weighted by atomic mass is 32.1. The summed E-state index contributed by atoms with van der Waals surface area (Å²) in [6.07, 6.45) is 0. The Morgan fingerprint density at radius 3 is 2.85 bits per heavy atom. The zero-order chi connectivity index (χ0) is 18.8. The van der Waals surface area contributed by atoms with Crippen LogP contribution in [-0.4, -0.2) is 32.3 Å². The van der Waals surface area contributed by atoms with E-state index in [2.05, 4.69) is 20.6 Å². The molecule has 0 bridgehead atoms. The summed E-state index contributed by atoms with van der Waals surface area (Å²) in [6, 6.07) is 14.7. The van der Waals surface area contributed by atoms with E-state index in [1.165, 1.54) is 11.3 Å². The lowest BCUT2D eigenvalue weighted by atomic mass is 10.1. The Hall–Kier alpha value is -3.26. The lowest BCUT2D eigenvalue weighted by molar-refractivity contribution is 0.102. The van der Waals surface area contributed by atoms with Gasteiger partial charge in [0.25, 0.3) is 5.91 Å². The number of carbonyl (C=O) groups is 1. The molecule has 1 N–H and O–H groups in total. The fraction of sp³-hybridized carbons (Fsp3) is 0.158. The molecule has 0 saturated heterocycles. The van der Waals surface area contributed by atoms with Crippen LogP contribution in [0, 0.1) is 6.92 Å². The van der Waals surface area contributed by atoms with Crippen LogP contribution in [0.3, 0.4) is 0 Å².